The van der Waals surface area contributed by atoms with E-state index in [2.05, 4.69) is 17.0 Å². The lowest BCUT2D eigenvalue weighted by Gasteiger charge is -2.38. The minimum absolute atomic E-state index is 0.0516. The lowest BCUT2D eigenvalue weighted by molar-refractivity contribution is 0.0539. The molecule has 2 aliphatic rings. The first-order valence-electron chi connectivity index (χ1n) is 8.26. The highest BCUT2D eigenvalue weighted by molar-refractivity contribution is 5.92. The third kappa shape index (κ3) is 2.52. The van der Waals surface area contributed by atoms with E-state index in [0.717, 1.165) is 31.4 Å². The van der Waals surface area contributed by atoms with E-state index in [0.29, 0.717) is 23.8 Å². The van der Waals surface area contributed by atoms with Crippen LogP contribution in [-0.2, 0) is 0 Å². The van der Waals surface area contributed by atoms with Crippen LogP contribution in [-0.4, -0.2) is 30.0 Å². The molecule has 0 radical (unpaired) electrons. The number of hydrogen-bond donors (Lipinski definition) is 0. The number of nitrogens with zero attached hydrogens (tertiary/aromatic N) is 1. The van der Waals surface area contributed by atoms with Gasteiger partial charge in [0.1, 0.15) is 5.75 Å². The van der Waals surface area contributed by atoms with E-state index in [1.54, 1.807) is 25.5 Å². The van der Waals surface area contributed by atoms with Gasteiger partial charge in [-0.1, -0.05) is 12.1 Å². The van der Waals surface area contributed by atoms with E-state index in [-0.39, 0.29) is 5.91 Å². The van der Waals surface area contributed by atoms with Gasteiger partial charge in [0.15, 0.2) is 5.76 Å². The number of amides is 1. The summed E-state index contributed by atoms with van der Waals surface area (Å²) in [4.78, 5) is 14.7. The molecule has 0 aliphatic carbocycles. The monoisotopic (exact) mass is 311 g/mol. The Labute approximate surface area is 136 Å². The summed E-state index contributed by atoms with van der Waals surface area (Å²) >= 11 is 0. The van der Waals surface area contributed by atoms with Gasteiger partial charge in [-0.05, 0) is 61.4 Å². The molecule has 1 unspecified atom stereocenters. The molecule has 4 nitrogen and oxygen atoms in total. The molecule has 4 rings (SSSR count). The molecule has 0 N–H and O–H groups in total. The number of methoxy groups -OCH3 is 1. The fourth-order valence-electron chi connectivity index (χ4n) is 4.18. The zero-order valence-electron chi connectivity index (χ0n) is 13.3. The average molecular weight is 311 g/mol. The number of furan rings is 1. The molecule has 2 aromatic rings. The van der Waals surface area contributed by atoms with E-state index >= 15 is 0 Å². The Hall–Kier alpha value is -2.23. The van der Waals surface area contributed by atoms with Gasteiger partial charge in [-0.3, -0.25) is 4.79 Å². The molecule has 0 saturated carbocycles. The van der Waals surface area contributed by atoms with Crippen LogP contribution in [0.3, 0.4) is 0 Å². The van der Waals surface area contributed by atoms with E-state index in [1.165, 1.54) is 5.56 Å². The minimum atomic E-state index is 0.0516. The molecule has 1 aromatic heterocycles. The Balaban J connectivity index is 1.52. The molecule has 4 heteroatoms. The number of ether oxygens (including phenoxy) is 1. The highest BCUT2D eigenvalue weighted by atomic mass is 16.5. The largest absolute Gasteiger partial charge is 0.497 e. The predicted molar refractivity (Wildman–Crippen MR) is 86.7 cm³/mol. The quantitative estimate of drug-likeness (QED) is 0.865. The summed E-state index contributed by atoms with van der Waals surface area (Å²) in [5.41, 5.74) is 1.35. The average Bonchev–Trinajstić information content (AvgIpc) is 3.21. The van der Waals surface area contributed by atoms with Gasteiger partial charge in [-0.25, -0.2) is 0 Å². The molecule has 1 amide bonds. The van der Waals surface area contributed by atoms with Crippen molar-refractivity contribution in [3.8, 4) is 5.75 Å². The van der Waals surface area contributed by atoms with Crippen LogP contribution in [0.15, 0.2) is 47.1 Å². The number of fused-ring (bicyclic) bond motifs is 2. The molecule has 2 fully saturated rings. The second kappa shape index (κ2) is 5.76. The van der Waals surface area contributed by atoms with Gasteiger partial charge in [0, 0.05) is 12.1 Å². The number of carbonyl (C=O) groups excluding carboxylic acids is 1. The van der Waals surface area contributed by atoms with Crippen molar-refractivity contribution < 1.29 is 13.9 Å². The van der Waals surface area contributed by atoms with Crippen molar-refractivity contribution in [3.05, 3.63) is 54.0 Å². The first-order valence-corrected chi connectivity index (χ1v) is 8.26. The molecular formula is C19H21NO3. The van der Waals surface area contributed by atoms with Gasteiger partial charge in [-0.15, -0.1) is 0 Å². The number of carbonyl (C=O) groups is 1. The normalized spacial score (nSPS) is 26.3. The highest BCUT2D eigenvalue weighted by Gasteiger charge is 2.44. The number of hydrogen-bond acceptors (Lipinski definition) is 3. The molecule has 120 valence electrons. The summed E-state index contributed by atoms with van der Waals surface area (Å²) in [6.45, 7) is 0. The van der Waals surface area contributed by atoms with E-state index in [4.69, 9.17) is 9.15 Å². The summed E-state index contributed by atoms with van der Waals surface area (Å²) < 4.78 is 10.5. The first kappa shape index (κ1) is 14.4. The fourth-order valence-corrected chi connectivity index (χ4v) is 4.18. The fraction of sp³-hybridized carbons (Fsp3) is 0.421. The predicted octanol–water partition coefficient (Wildman–Crippen LogP) is 3.84. The minimum Gasteiger partial charge on any atom is -0.497 e. The van der Waals surface area contributed by atoms with Crippen LogP contribution in [0.4, 0.5) is 0 Å². The van der Waals surface area contributed by atoms with Crippen LogP contribution in [0.5, 0.6) is 5.75 Å². The lowest BCUT2D eigenvalue weighted by Crippen LogP contribution is -2.45. The summed E-state index contributed by atoms with van der Waals surface area (Å²) in [6, 6.07) is 12.6. The van der Waals surface area contributed by atoms with Crippen molar-refractivity contribution in [2.45, 2.75) is 43.7 Å². The zero-order valence-corrected chi connectivity index (χ0v) is 13.3. The summed E-state index contributed by atoms with van der Waals surface area (Å²) in [5.74, 6) is 1.93. The SMILES string of the molecule is COc1ccc(C2C[C@H]3CC[C@@H](C2)N3C(=O)c2ccco2)cc1. The lowest BCUT2D eigenvalue weighted by atomic mass is 9.85. The van der Waals surface area contributed by atoms with Crippen molar-refractivity contribution in [2.75, 3.05) is 7.11 Å². The highest BCUT2D eigenvalue weighted by Crippen LogP contribution is 2.43. The van der Waals surface area contributed by atoms with Crippen LogP contribution in [0.1, 0.15) is 47.7 Å². The van der Waals surface area contributed by atoms with Gasteiger partial charge in [0.05, 0.1) is 13.4 Å². The van der Waals surface area contributed by atoms with Gasteiger partial charge in [0.25, 0.3) is 5.91 Å². The van der Waals surface area contributed by atoms with Gasteiger partial charge < -0.3 is 14.1 Å². The maximum Gasteiger partial charge on any atom is 0.290 e. The molecule has 2 bridgehead atoms. The Kier molecular flexibility index (Phi) is 3.60. The molecule has 1 aromatic carbocycles. The van der Waals surface area contributed by atoms with Crippen LogP contribution in [0, 0.1) is 0 Å². The molecule has 23 heavy (non-hydrogen) atoms. The van der Waals surface area contributed by atoms with Crippen molar-refractivity contribution >= 4 is 5.91 Å². The third-order valence-electron chi connectivity index (χ3n) is 5.29. The van der Waals surface area contributed by atoms with Crippen molar-refractivity contribution in [2.24, 2.45) is 0 Å². The molecule has 3 heterocycles. The summed E-state index contributed by atoms with van der Waals surface area (Å²) in [5, 5.41) is 0. The summed E-state index contributed by atoms with van der Waals surface area (Å²) in [6.07, 6.45) is 5.84. The number of benzene rings is 1. The second-order valence-electron chi connectivity index (χ2n) is 6.52. The van der Waals surface area contributed by atoms with Crippen LogP contribution < -0.4 is 4.74 Å². The Morgan fingerprint density at radius 3 is 2.39 bits per heavy atom. The van der Waals surface area contributed by atoms with E-state index in [9.17, 15) is 4.79 Å². The molecule has 0 spiro atoms. The maximum absolute atomic E-state index is 12.7. The van der Waals surface area contributed by atoms with Crippen LogP contribution in [0.2, 0.25) is 0 Å². The number of piperidine rings is 1. The van der Waals surface area contributed by atoms with Gasteiger partial charge in [-0.2, -0.15) is 0 Å². The zero-order chi connectivity index (χ0) is 15.8. The maximum atomic E-state index is 12.7. The standard InChI is InChI=1S/C19H21NO3/c1-22-17-8-4-13(5-9-17)14-11-15-6-7-16(12-14)20(15)19(21)18-3-2-10-23-18/h2-5,8-10,14-16H,6-7,11-12H2,1H3/t14?,15-,16+. The number of rotatable bonds is 3. The topological polar surface area (TPSA) is 42.7 Å². The Bertz CT molecular complexity index is 663. The second-order valence-corrected chi connectivity index (χ2v) is 6.52. The molecule has 2 saturated heterocycles. The van der Waals surface area contributed by atoms with Gasteiger partial charge in [0.2, 0.25) is 0 Å². The Morgan fingerprint density at radius 1 is 1.13 bits per heavy atom. The van der Waals surface area contributed by atoms with Crippen molar-refractivity contribution in [1.29, 1.82) is 0 Å². The Morgan fingerprint density at radius 2 is 1.83 bits per heavy atom. The third-order valence-corrected chi connectivity index (χ3v) is 5.29. The molecular weight excluding hydrogens is 290 g/mol. The molecule has 3 atom stereocenters. The van der Waals surface area contributed by atoms with Crippen LogP contribution in [0.25, 0.3) is 0 Å². The van der Waals surface area contributed by atoms with E-state index in [1.807, 2.05) is 12.1 Å². The first-order chi connectivity index (χ1) is 11.3. The summed E-state index contributed by atoms with van der Waals surface area (Å²) in [7, 11) is 1.69. The smallest absolute Gasteiger partial charge is 0.290 e. The van der Waals surface area contributed by atoms with Crippen LogP contribution >= 0.6 is 0 Å². The van der Waals surface area contributed by atoms with Crippen molar-refractivity contribution in [3.63, 3.8) is 0 Å². The van der Waals surface area contributed by atoms with Gasteiger partial charge >= 0.3 is 0 Å². The molecule has 2 aliphatic heterocycles. The van der Waals surface area contributed by atoms with E-state index < -0.39 is 0 Å². The van der Waals surface area contributed by atoms with Crippen molar-refractivity contribution in [1.82, 2.24) is 4.90 Å².